The summed E-state index contributed by atoms with van der Waals surface area (Å²) in [7, 11) is 0. The van der Waals surface area contributed by atoms with Gasteiger partial charge in [0.1, 0.15) is 34.8 Å². The number of esters is 1. The van der Waals surface area contributed by atoms with Crippen molar-refractivity contribution in [2.75, 3.05) is 0 Å². The van der Waals surface area contributed by atoms with Crippen LogP contribution in [0.5, 0.6) is 5.75 Å². The molecular weight excluding hydrogens is 403 g/mol. The van der Waals surface area contributed by atoms with E-state index in [9.17, 15) is 13.6 Å². The van der Waals surface area contributed by atoms with Gasteiger partial charge in [-0.25, -0.2) is 18.0 Å². The maximum Gasteiger partial charge on any atom is 0.346 e. The van der Waals surface area contributed by atoms with Gasteiger partial charge in [0.05, 0.1) is 5.56 Å². The van der Waals surface area contributed by atoms with Crippen molar-refractivity contribution in [3.05, 3.63) is 88.7 Å². The predicted octanol–water partition coefficient (Wildman–Crippen LogP) is 6.45. The molecule has 0 fully saturated rings. The number of hydrogen-bond acceptors (Lipinski definition) is 3. The molecule has 0 bridgehead atoms. The minimum atomic E-state index is -1.17. The van der Waals surface area contributed by atoms with Crippen molar-refractivity contribution >= 4 is 27.5 Å². The topological polar surface area (TPSA) is 50.1 Å². The van der Waals surface area contributed by atoms with Crippen LogP contribution >= 0.6 is 0 Å². The lowest BCUT2D eigenvalue weighted by Gasteiger charge is -2.10. The Morgan fingerprint density at radius 1 is 0.935 bits per heavy atom. The fourth-order valence-electron chi connectivity index (χ4n) is 3.64. The zero-order chi connectivity index (χ0) is 22.1. The van der Waals surface area contributed by atoms with E-state index >= 15 is 4.39 Å². The highest BCUT2D eigenvalue weighted by Gasteiger charge is 2.19. The molecule has 0 atom stereocenters. The fraction of sp³-hybridized carbons (Fsp3) is 0.120. The molecule has 0 aliphatic heterocycles. The molecule has 154 valence electrons. The molecule has 0 unspecified atom stereocenters. The Kier molecular flexibility index (Phi) is 5.35. The van der Waals surface area contributed by atoms with Crippen LogP contribution in [0, 0.1) is 28.8 Å². The number of fused-ring (bicyclic) bond motifs is 3. The van der Waals surface area contributed by atoms with Gasteiger partial charge in [0.15, 0.2) is 0 Å². The molecule has 0 aromatic heterocycles. The first-order valence-electron chi connectivity index (χ1n) is 9.68. The second kappa shape index (κ2) is 8.11. The number of rotatable bonds is 4. The maximum absolute atomic E-state index is 15.1. The van der Waals surface area contributed by atoms with Crippen LogP contribution in [0.2, 0.25) is 0 Å². The number of nitrogens with zero attached hydrogens (tertiary/aromatic N) is 1. The zero-order valence-electron chi connectivity index (χ0n) is 16.5. The third-order valence-electron chi connectivity index (χ3n) is 5.11. The summed E-state index contributed by atoms with van der Waals surface area (Å²) < 4.78 is 47.6. The van der Waals surface area contributed by atoms with Crippen molar-refractivity contribution in [2.24, 2.45) is 0 Å². The summed E-state index contributed by atoms with van der Waals surface area (Å²) in [5.74, 6) is -4.67. The SMILES string of the molecule is CCCc1ccc2c(ccc3c(F)c(C(=O)Oc4cc(F)c(C#N)c(F)c4)ccc32)c1. The molecule has 0 saturated carbocycles. The number of nitriles is 1. The highest BCUT2D eigenvalue weighted by molar-refractivity contribution is 6.09. The standard InChI is InChI=1S/C25H16F3NO2/c1-2-3-14-4-6-17-15(10-14)5-7-19-18(17)8-9-20(24(19)28)25(30)31-16-11-22(26)21(13-29)23(27)12-16/h4-12H,2-3H2,1H3. The van der Waals surface area contributed by atoms with Gasteiger partial charge >= 0.3 is 5.97 Å². The Bertz CT molecular complexity index is 1370. The summed E-state index contributed by atoms with van der Waals surface area (Å²) in [5.41, 5.74) is 0.0437. The van der Waals surface area contributed by atoms with Gasteiger partial charge in [0, 0.05) is 17.5 Å². The fourth-order valence-corrected chi connectivity index (χ4v) is 3.64. The lowest BCUT2D eigenvalue weighted by molar-refractivity contribution is 0.0729. The molecule has 0 amide bonds. The number of carbonyl (C=O) groups is 1. The third-order valence-corrected chi connectivity index (χ3v) is 5.11. The lowest BCUT2D eigenvalue weighted by atomic mass is 9.97. The van der Waals surface area contributed by atoms with Crippen LogP contribution < -0.4 is 4.74 Å². The average Bonchev–Trinajstić information content (AvgIpc) is 2.73. The summed E-state index contributed by atoms with van der Waals surface area (Å²) in [6, 6.07) is 15.1. The van der Waals surface area contributed by atoms with Crippen LogP contribution in [0.25, 0.3) is 21.5 Å². The van der Waals surface area contributed by atoms with Gasteiger partial charge in [-0.15, -0.1) is 0 Å². The molecular formula is C25H16F3NO2. The minimum absolute atomic E-state index is 0.238. The van der Waals surface area contributed by atoms with E-state index in [1.54, 1.807) is 18.2 Å². The van der Waals surface area contributed by atoms with Crippen LogP contribution in [0.3, 0.4) is 0 Å². The van der Waals surface area contributed by atoms with E-state index in [1.807, 2.05) is 12.1 Å². The number of aryl methyl sites for hydroxylation is 1. The van der Waals surface area contributed by atoms with Gasteiger partial charge in [-0.05, 0) is 34.2 Å². The van der Waals surface area contributed by atoms with Crippen molar-refractivity contribution in [2.45, 2.75) is 19.8 Å². The van der Waals surface area contributed by atoms with Crippen LogP contribution in [0.4, 0.5) is 13.2 Å². The molecule has 0 N–H and O–H groups in total. The molecule has 0 spiro atoms. The van der Waals surface area contributed by atoms with E-state index < -0.39 is 34.7 Å². The molecule has 31 heavy (non-hydrogen) atoms. The summed E-state index contributed by atoms with van der Waals surface area (Å²) >= 11 is 0. The number of hydrogen-bond donors (Lipinski definition) is 0. The summed E-state index contributed by atoms with van der Waals surface area (Å²) in [4.78, 5) is 12.5. The van der Waals surface area contributed by atoms with Gasteiger partial charge in [0.2, 0.25) is 0 Å². The van der Waals surface area contributed by atoms with E-state index in [0.29, 0.717) is 17.5 Å². The molecule has 0 radical (unpaired) electrons. The smallest absolute Gasteiger partial charge is 0.346 e. The zero-order valence-corrected chi connectivity index (χ0v) is 16.5. The largest absolute Gasteiger partial charge is 0.423 e. The van der Waals surface area contributed by atoms with Gasteiger partial charge in [-0.3, -0.25) is 0 Å². The average molecular weight is 419 g/mol. The summed E-state index contributed by atoms with van der Waals surface area (Å²) in [6.45, 7) is 2.10. The number of ether oxygens (including phenoxy) is 1. The number of carbonyl (C=O) groups excluding carboxylic acids is 1. The van der Waals surface area contributed by atoms with Gasteiger partial charge in [-0.2, -0.15) is 5.26 Å². The van der Waals surface area contributed by atoms with E-state index in [1.165, 1.54) is 17.7 Å². The normalized spacial score (nSPS) is 10.9. The summed E-state index contributed by atoms with van der Waals surface area (Å²) in [6.07, 6.45) is 1.97. The minimum Gasteiger partial charge on any atom is -0.423 e. The van der Waals surface area contributed by atoms with Crippen molar-refractivity contribution in [3.8, 4) is 11.8 Å². The Morgan fingerprint density at radius 2 is 1.61 bits per heavy atom. The highest BCUT2D eigenvalue weighted by atomic mass is 19.1. The van der Waals surface area contributed by atoms with Crippen LogP contribution in [-0.2, 0) is 6.42 Å². The van der Waals surface area contributed by atoms with Crippen LogP contribution in [0.1, 0.15) is 34.8 Å². The molecule has 4 aromatic carbocycles. The lowest BCUT2D eigenvalue weighted by Crippen LogP contribution is -2.11. The Hall–Kier alpha value is -3.85. The van der Waals surface area contributed by atoms with Crippen molar-refractivity contribution in [3.63, 3.8) is 0 Å². The second-order valence-corrected chi connectivity index (χ2v) is 7.16. The van der Waals surface area contributed by atoms with Gasteiger partial charge < -0.3 is 4.74 Å². The first kappa shape index (κ1) is 20.4. The van der Waals surface area contributed by atoms with E-state index in [-0.39, 0.29) is 10.9 Å². The molecule has 0 saturated heterocycles. The molecule has 0 heterocycles. The Balaban J connectivity index is 1.72. The molecule has 0 aliphatic rings. The monoisotopic (exact) mass is 419 g/mol. The second-order valence-electron chi connectivity index (χ2n) is 7.16. The van der Waals surface area contributed by atoms with Crippen LogP contribution in [0.15, 0.2) is 54.6 Å². The third kappa shape index (κ3) is 3.71. The number of benzene rings is 4. The van der Waals surface area contributed by atoms with E-state index in [0.717, 1.165) is 23.6 Å². The van der Waals surface area contributed by atoms with Crippen molar-refractivity contribution < 1.29 is 22.7 Å². The first-order valence-corrected chi connectivity index (χ1v) is 9.68. The Labute approximate surface area is 176 Å². The molecule has 4 aromatic rings. The Morgan fingerprint density at radius 3 is 2.29 bits per heavy atom. The molecule has 0 aliphatic carbocycles. The number of halogens is 3. The highest BCUT2D eigenvalue weighted by Crippen LogP contribution is 2.30. The van der Waals surface area contributed by atoms with E-state index in [2.05, 4.69) is 13.0 Å². The van der Waals surface area contributed by atoms with Gasteiger partial charge in [-0.1, -0.05) is 49.7 Å². The first-order chi connectivity index (χ1) is 14.9. The van der Waals surface area contributed by atoms with Crippen LogP contribution in [-0.4, -0.2) is 5.97 Å². The maximum atomic E-state index is 15.1. The molecule has 3 nitrogen and oxygen atoms in total. The van der Waals surface area contributed by atoms with Gasteiger partial charge in [0.25, 0.3) is 0 Å². The molecule has 6 heteroatoms. The van der Waals surface area contributed by atoms with Crippen molar-refractivity contribution in [1.82, 2.24) is 0 Å². The quantitative estimate of drug-likeness (QED) is 0.217. The summed E-state index contributed by atoms with van der Waals surface area (Å²) in [5, 5.41) is 11.4. The molecule has 4 rings (SSSR count). The van der Waals surface area contributed by atoms with E-state index in [4.69, 9.17) is 10.00 Å². The van der Waals surface area contributed by atoms with Crippen molar-refractivity contribution in [1.29, 1.82) is 5.26 Å². The predicted molar refractivity (Wildman–Crippen MR) is 111 cm³/mol.